The molecule has 6 nitrogen and oxygen atoms in total. The Morgan fingerprint density at radius 3 is 2.92 bits per heavy atom. The summed E-state index contributed by atoms with van der Waals surface area (Å²) < 4.78 is 11.4. The third-order valence-corrected chi connectivity index (χ3v) is 4.52. The van der Waals surface area contributed by atoms with E-state index < -0.39 is 0 Å². The topological polar surface area (TPSA) is 71.6 Å². The molecule has 24 heavy (non-hydrogen) atoms. The maximum absolute atomic E-state index is 12.9. The van der Waals surface area contributed by atoms with Gasteiger partial charge in [0.15, 0.2) is 11.5 Å². The number of aromatic nitrogens is 1. The van der Waals surface area contributed by atoms with Crippen molar-refractivity contribution in [2.24, 2.45) is 0 Å². The fraction of sp³-hybridized carbons (Fsp3) is 0.333. The van der Waals surface area contributed by atoms with Gasteiger partial charge < -0.3 is 19.4 Å². The van der Waals surface area contributed by atoms with Crippen LogP contribution in [0.5, 0.6) is 11.5 Å². The number of nitrogens with one attached hydrogen (secondary N) is 1. The number of benzene rings is 1. The number of para-hydroxylation sites is 1. The number of nitrogens with zero attached hydrogens (tertiary/aromatic N) is 1. The van der Waals surface area contributed by atoms with Gasteiger partial charge in [0.05, 0.1) is 6.04 Å². The number of carbonyl (C=O) groups excluding carboxylic acids is 1. The average Bonchev–Trinajstić information content (AvgIpc) is 3.10. The number of pyridine rings is 1. The first-order valence-corrected chi connectivity index (χ1v) is 8.13. The molecule has 2 aliphatic heterocycles. The van der Waals surface area contributed by atoms with Gasteiger partial charge in [-0.3, -0.25) is 9.59 Å². The lowest BCUT2D eigenvalue weighted by Crippen LogP contribution is -2.34. The van der Waals surface area contributed by atoms with Gasteiger partial charge in [0.2, 0.25) is 0 Å². The SMILES string of the molecule is O=C(c1ccc[nH]c1=O)N1CCCC1c1cccc2c1OCCO2. The second-order valence-electron chi connectivity index (χ2n) is 5.94. The first-order chi connectivity index (χ1) is 11.8. The molecule has 1 fully saturated rings. The zero-order valence-corrected chi connectivity index (χ0v) is 13.2. The van der Waals surface area contributed by atoms with Crippen LogP contribution in [0.4, 0.5) is 0 Å². The molecule has 0 spiro atoms. The fourth-order valence-electron chi connectivity index (χ4n) is 3.44. The summed E-state index contributed by atoms with van der Waals surface area (Å²) in [6, 6.07) is 8.89. The van der Waals surface area contributed by atoms with E-state index in [9.17, 15) is 9.59 Å². The van der Waals surface area contributed by atoms with Gasteiger partial charge in [-0.1, -0.05) is 12.1 Å². The monoisotopic (exact) mass is 326 g/mol. The molecule has 0 bridgehead atoms. The number of amides is 1. The van der Waals surface area contributed by atoms with E-state index in [1.807, 2.05) is 18.2 Å². The van der Waals surface area contributed by atoms with E-state index in [2.05, 4.69) is 4.98 Å². The number of hydrogen-bond donors (Lipinski definition) is 1. The molecule has 1 aromatic carbocycles. The Morgan fingerprint density at radius 2 is 2.04 bits per heavy atom. The van der Waals surface area contributed by atoms with E-state index in [-0.39, 0.29) is 23.1 Å². The van der Waals surface area contributed by atoms with Gasteiger partial charge in [0, 0.05) is 18.3 Å². The van der Waals surface area contributed by atoms with E-state index in [4.69, 9.17) is 9.47 Å². The van der Waals surface area contributed by atoms with Gasteiger partial charge in [-0.05, 0) is 31.0 Å². The van der Waals surface area contributed by atoms with Crippen LogP contribution in [-0.4, -0.2) is 35.5 Å². The highest BCUT2D eigenvalue weighted by Gasteiger charge is 2.34. The molecule has 0 aliphatic carbocycles. The van der Waals surface area contributed by atoms with Gasteiger partial charge in [-0.2, -0.15) is 0 Å². The van der Waals surface area contributed by atoms with Crippen molar-refractivity contribution in [1.29, 1.82) is 0 Å². The fourth-order valence-corrected chi connectivity index (χ4v) is 3.44. The van der Waals surface area contributed by atoms with Crippen molar-refractivity contribution in [2.75, 3.05) is 19.8 Å². The van der Waals surface area contributed by atoms with E-state index in [0.29, 0.717) is 19.8 Å². The summed E-state index contributed by atoms with van der Waals surface area (Å²) in [5.74, 6) is 1.19. The minimum absolute atomic E-state index is 0.103. The summed E-state index contributed by atoms with van der Waals surface area (Å²) in [6.07, 6.45) is 3.27. The van der Waals surface area contributed by atoms with Crippen LogP contribution in [0.2, 0.25) is 0 Å². The molecule has 1 unspecified atom stereocenters. The second-order valence-corrected chi connectivity index (χ2v) is 5.94. The molecular weight excluding hydrogens is 308 g/mol. The molecule has 2 aliphatic rings. The Kier molecular flexibility index (Phi) is 3.72. The smallest absolute Gasteiger partial charge is 0.260 e. The number of H-pyrrole nitrogens is 1. The van der Waals surface area contributed by atoms with E-state index in [1.54, 1.807) is 17.0 Å². The zero-order valence-electron chi connectivity index (χ0n) is 13.2. The Morgan fingerprint density at radius 1 is 1.17 bits per heavy atom. The lowest BCUT2D eigenvalue weighted by Gasteiger charge is -2.28. The number of aromatic amines is 1. The standard InChI is InChI=1S/C18H18N2O4/c21-17-13(5-2-8-19-17)18(22)20-9-3-6-14(20)12-4-1-7-15-16(12)24-11-10-23-15/h1-2,4-5,7-8,14H,3,6,9-11H2,(H,19,21). The Bertz CT molecular complexity index is 830. The predicted molar refractivity (Wildman–Crippen MR) is 87.5 cm³/mol. The molecule has 124 valence electrons. The normalized spacial score (nSPS) is 19.3. The van der Waals surface area contributed by atoms with Crippen LogP contribution in [0.3, 0.4) is 0 Å². The Balaban J connectivity index is 1.70. The molecular formula is C18H18N2O4. The number of hydrogen-bond acceptors (Lipinski definition) is 4. The molecule has 0 radical (unpaired) electrons. The van der Waals surface area contributed by atoms with Crippen LogP contribution in [0.1, 0.15) is 34.8 Å². The van der Waals surface area contributed by atoms with Crippen LogP contribution < -0.4 is 15.0 Å². The number of likely N-dealkylation sites (tertiary alicyclic amines) is 1. The van der Waals surface area contributed by atoms with Crippen molar-refractivity contribution in [1.82, 2.24) is 9.88 Å². The molecule has 1 saturated heterocycles. The predicted octanol–water partition coefficient (Wildman–Crippen LogP) is 2.12. The highest BCUT2D eigenvalue weighted by Crippen LogP contribution is 2.43. The highest BCUT2D eigenvalue weighted by molar-refractivity contribution is 5.94. The zero-order chi connectivity index (χ0) is 16.5. The van der Waals surface area contributed by atoms with Crippen LogP contribution >= 0.6 is 0 Å². The van der Waals surface area contributed by atoms with Crippen molar-refractivity contribution < 1.29 is 14.3 Å². The van der Waals surface area contributed by atoms with Crippen LogP contribution in [0, 0.1) is 0 Å². The lowest BCUT2D eigenvalue weighted by atomic mass is 10.0. The molecule has 2 aromatic rings. The average molecular weight is 326 g/mol. The molecule has 0 saturated carbocycles. The summed E-state index contributed by atoms with van der Waals surface area (Å²) >= 11 is 0. The molecule has 1 N–H and O–H groups in total. The lowest BCUT2D eigenvalue weighted by molar-refractivity contribution is 0.0729. The summed E-state index contributed by atoms with van der Waals surface area (Å²) in [5, 5.41) is 0. The molecule has 1 amide bonds. The summed E-state index contributed by atoms with van der Waals surface area (Å²) in [6.45, 7) is 1.66. The number of ether oxygens (including phenoxy) is 2. The van der Waals surface area contributed by atoms with Gasteiger partial charge in [0.25, 0.3) is 11.5 Å². The van der Waals surface area contributed by atoms with Crippen molar-refractivity contribution >= 4 is 5.91 Å². The highest BCUT2D eigenvalue weighted by atomic mass is 16.6. The third-order valence-electron chi connectivity index (χ3n) is 4.52. The second kappa shape index (κ2) is 6.03. The van der Waals surface area contributed by atoms with Gasteiger partial charge in [-0.25, -0.2) is 0 Å². The Labute approximate surface area is 139 Å². The van der Waals surface area contributed by atoms with E-state index in [1.165, 1.54) is 6.20 Å². The molecule has 4 rings (SSSR count). The molecule has 1 aromatic heterocycles. The number of carbonyl (C=O) groups is 1. The largest absolute Gasteiger partial charge is 0.486 e. The van der Waals surface area contributed by atoms with Crippen molar-refractivity contribution in [3.8, 4) is 11.5 Å². The molecule has 6 heteroatoms. The van der Waals surface area contributed by atoms with E-state index >= 15 is 0 Å². The quantitative estimate of drug-likeness (QED) is 0.917. The van der Waals surface area contributed by atoms with E-state index in [0.717, 1.165) is 29.9 Å². The third kappa shape index (κ3) is 2.44. The van der Waals surface area contributed by atoms with Gasteiger partial charge in [-0.15, -0.1) is 0 Å². The minimum atomic E-state index is -0.358. The molecule has 1 atom stereocenters. The number of fused-ring (bicyclic) bond motifs is 1. The summed E-state index contributed by atoms with van der Waals surface area (Å²) in [7, 11) is 0. The van der Waals surface area contributed by atoms with Gasteiger partial charge in [0.1, 0.15) is 18.8 Å². The minimum Gasteiger partial charge on any atom is -0.486 e. The number of rotatable bonds is 2. The first-order valence-electron chi connectivity index (χ1n) is 8.13. The molecule has 3 heterocycles. The van der Waals surface area contributed by atoms with Crippen LogP contribution in [-0.2, 0) is 0 Å². The first kappa shape index (κ1) is 14.8. The van der Waals surface area contributed by atoms with Crippen molar-refractivity contribution in [2.45, 2.75) is 18.9 Å². The van der Waals surface area contributed by atoms with Crippen molar-refractivity contribution in [3.05, 3.63) is 58.0 Å². The van der Waals surface area contributed by atoms with Crippen molar-refractivity contribution in [3.63, 3.8) is 0 Å². The van der Waals surface area contributed by atoms with Crippen LogP contribution in [0.25, 0.3) is 0 Å². The maximum Gasteiger partial charge on any atom is 0.260 e. The summed E-state index contributed by atoms with van der Waals surface area (Å²) in [5.41, 5.74) is 0.764. The van der Waals surface area contributed by atoms with Gasteiger partial charge >= 0.3 is 0 Å². The summed E-state index contributed by atoms with van der Waals surface area (Å²) in [4.78, 5) is 29.1. The van der Waals surface area contributed by atoms with Crippen LogP contribution in [0.15, 0.2) is 41.3 Å². The maximum atomic E-state index is 12.9. The Hall–Kier alpha value is -2.76.